The summed E-state index contributed by atoms with van der Waals surface area (Å²) in [6.07, 6.45) is 1.65. The van der Waals surface area contributed by atoms with Gasteiger partial charge in [-0.1, -0.05) is 18.7 Å². The molecule has 2 rings (SSSR count). The van der Waals surface area contributed by atoms with Crippen LogP contribution in [0.5, 0.6) is 5.75 Å². The highest BCUT2D eigenvalue weighted by atomic mass is 16.5. The standard InChI is InChI=1S/C15H15NO4/c1-9-13(15(18)20-3)12(14(17)16-9)8-10-4-6-11(19-2)7-5-10/h4-8,13H,1H2,2-3H3,(H,16,17)/b12-8-/t13-/m0/s1. The number of ether oxygens (including phenoxy) is 2. The summed E-state index contributed by atoms with van der Waals surface area (Å²) in [7, 11) is 2.86. The molecule has 1 heterocycles. The molecular weight excluding hydrogens is 258 g/mol. The molecule has 0 spiro atoms. The van der Waals surface area contributed by atoms with Crippen LogP contribution in [-0.4, -0.2) is 26.1 Å². The quantitative estimate of drug-likeness (QED) is 0.669. The van der Waals surface area contributed by atoms with Gasteiger partial charge in [0.25, 0.3) is 5.91 Å². The first kappa shape index (κ1) is 13.9. The first-order valence-electron chi connectivity index (χ1n) is 6.00. The summed E-state index contributed by atoms with van der Waals surface area (Å²) in [6.45, 7) is 3.68. The van der Waals surface area contributed by atoms with Crippen LogP contribution in [0.3, 0.4) is 0 Å². The van der Waals surface area contributed by atoms with Crippen molar-refractivity contribution >= 4 is 18.0 Å². The van der Waals surface area contributed by atoms with Gasteiger partial charge < -0.3 is 14.8 Å². The first-order valence-corrected chi connectivity index (χ1v) is 6.00. The Hall–Kier alpha value is -2.56. The van der Waals surface area contributed by atoms with Crippen molar-refractivity contribution in [3.05, 3.63) is 47.7 Å². The van der Waals surface area contributed by atoms with Gasteiger partial charge in [-0.25, -0.2) is 0 Å². The Balaban J connectivity index is 2.36. The second-order valence-corrected chi connectivity index (χ2v) is 4.31. The van der Waals surface area contributed by atoms with Gasteiger partial charge in [0.1, 0.15) is 11.7 Å². The molecule has 0 aromatic heterocycles. The van der Waals surface area contributed by atoms with Crippen molar-refractivity contribution < 1.29 is 19.1 Å². The van der Waals surface area contributed by atoms with E-state index in [9.17, 15) is 9.59 Å². The minimum absolute atomic E-state index is 0.326. The van der Waals surface area contributed by atoms with Crippen LogP contribution in [0.2, 0.25) is 0 Å². The number of esters is 1. The predicted molar refractivity (Wildman–Crippen MR) is 73.8 cm³/mol. The van der Waals surface area contributed by atoms with E-state index in [-0.39, 0.29) is 5.91 Å². The third-order valence-corrected chi connectivity index (χ3v) is 3.07. The van der Waals surface area contributed by atoms with Crippen LogP contribution >= 0.6 is 0 Å². The Labute approximate surface area is 116 Å². The molecule has 1 amide bonds. The Morgan fingerprint density at radius 2 is 1.95 bits per heavy atom. The van der Waals surface area contributed by atoms with Crippen molar-refractivity contribution in [1.82, 2.24) is 5.32 Å². The van der Waals surface area contributed by atoms with E-state index < -0.39 is 11.9 Å². The van der Waals surface area contributed by atoms with E-state index in [2.05, 4.69) is 11.9 Å². The molecule has 0 unspecified atom stereocenters. The van der Waals surface area contributed by atoms with E-state index in [1.807, 2.05) is 0 Å². The number of carbonyl (C=O) groups is 2. The highest BCUT2D eigenvalue weighted by Gasteiger charge is 2.37. The van der Waals surface area contributed by atoms with Crippen molar-refractivity contribution in [3.63, 3.8) is 0 Å². The number of carbonyl (C=O) groups excluding carboxylic acids is 2. The summed E-state index contributed by atoms with van der Waals surface area (Å²) < 4.78 is 9.77. The van der Waals surface area contributed by atoms with Gasteiger partial charge in [0.15, 0.2) is 0 Å². The van der Waals surface area contributed by atoms with Gasteiger partial charge in [0.2, 0.25) is 0 Å². The molecule has 1 aliphatic heterocycles. The third kappa shape index (κ3) is 2.56. The first-order chi connectivity index (χ1) is 9.56. The van der Waals surface area contributed by atoms with Crippen molar-refractivity contribution in [2.24, 2.45) is 5.92 Å². The van der Waals surface area contributed by atoms with Gasteiger partial charge in [-0.3, -0.25) is 9.59 Å². The highest BCUT2D eigenvalue weighted by molar-refractivity contribution is 6.08. The average Bonchev–Trinajstić information content (AvgIpc) is 2.73. The highest BCUT2D eigenvalue weighted by Crippen LogP contribution is 2.28. The fourth-order valence-electron chi connectivity index (χ4n) is 2.02. The van der Waals surface area contributed by atoms with Gasteiger partial charge in [0.05, 0.1) is 14.2 Å². The van der Waals surface area contributed by atoms with Crippen LogP contribution in [-0.2, 0) is 14.3 Å². The lowest BCUT2D eigenvalue weighted by molar-refractivity contribution is -0.142. The molecule has 5 nitrogen and oxygen atoms in total. The minimum Gasteiger partial charge on any atom is -0.497 e. The van der Waals surface area contributed by atoms with Crippen LogP contribution in [0.15, 0.2) is 42.1 Å². The number of amides is 1. The molecule has 1 N–H and O–H groups in total. The van der Waals surface area contributed by atoms with Gasteiger partial charge >= 0.3 is 5.97 Å². The fourth-order valence-corrected chi connectivity index (χ4v) is 2.02. The average molecular weight is 273 g/mol. The second-order valence-electron chi connectivity index (χ2n) is 4.31. The Morgan fingerprint density at radius 3 is 2.50 bits per heavy atom. The summed E-state index contributed by atoms with van der Waals surface area (Å²) in [6, 6.07) is 7.16. The molecular formula is C15H15NO4. The number of hydrogen-bond donors (Lipinski definition) is 1. The molecule has 1 atom stereocenters. The SMILES string of the molecule is C=C1NC(=O)/C(=C\c2ccc(OC)cc2)[C@H]1C(=O)OC. The lowest BCUT2D eigenvalue weighted by atomic mass is 9.98. The van der Waals surface area contributed by atoms with Gasteiger partial charge in [-0.2, -0.15) is 0 Å². The molecule has 0 saturated carbocycles. The Morgan fingerprint density at radius 1 is 1.30 bits per heavy atom. The van der Waals surface area contributed by atoms with Gasteiger partial charge in [0, 0.05) is 11.3 Å². The van der Waals surface area contributed by atoms with Crippen molar-refractivity contribution in [2.45, 2.75) is 0 Å². The molecule has 1 aromatic rings. The summed E-state index contributed by atoms with van der Waals surface area (Å²) in [4.78, 5) is 23.6. The lowest BCUT2D eigenvalue weighted by Gasteiger charge is -2.08. The van der Waals surface area contributed by atoms with Crippen molar-refractivity contribution in [2.75, 3.05) is 14.2 Å². The van der Waals surface area contributed by atoms with Crippen LogP contribution in [0.25, 0.3) is 6.08 Å². The molecule has 0 aliphatic carbocycles. The number of benzene rings is 1. The molecule has 5 heteroatoms. The van der Waals surface area contributed by atoms with Crippen LogP contribution in [0.4, 0.5) is 0 Å². The number of hydrogen-bond acceptors (Lipinski definition) is 4. The van der Waals surface area contributed by atoms with E-state index in [1.54, 1.807) is 37.5 Å². The molecule has 0 bridgehead atoms. The van der Waals surface area contributed by atoms with E-state index in [4.69, 9.17) is 9.47 Å². The van der Waals surface area contributed by atoms with Gasteiger partial charge in [-0.15, -0.1) is 0 Å². The summed E-state index contributed by atoms with van der Waals surface area (Å²) in [5, 5.41) is 2.55. The number of nitrogens with one attached hydrogen (secondary N) is 1. The van der Waals surface area contributed by atoms with Crippen molar-refractivity contribution in [3.8, 4) is 5.75 Å². The van der Waals surface area contributed by atoms with Crippen LogP contribution in [0, 0.1) is 5.92 Å². The Kier molecular flexibility index (Phi) is 3.89. The van der Waals surface area contributed by atoms with E-state index in [0.29, 0.717) is 11.3 Å². The van der Waals surface area contributed by atoms with E-state index in [1.165, 1.54) is 7.11 Å². The Bertz CT molecular complexity index is 586. The largest absolute Gasteiger partial charge is 0.497 e. The maximum absolute atomic E-state index is 11.9. The van der Waals surface area contributed by atoms with Gasteiger partial charge in [-0.05, 0) is 23.8 Å². The molecule has 1 saturated heterocycles. The lowest BCUT2D eigenvalue weighted by Crippen LogP contribution is -2.17. The van der Waals surface area contributed by atoms with Crippen molar-refractivity contribution in [1.29, 1.82) is 0 Å². The summed E-state index contributed by atoms with van der Waals surface area (Å²) in [5.74, 6) is -0.888. The topological polar surface area (TPSA) is 64.6 Å². The van der Waals surface area contributed by atoms with Crippen LogP contribution in [0.1, 0.15) is 5.56 Å². The monoisotopic (exact) mass is 273 g/mol. The number of methoxy groups -OCH3 is 2. The maximum Gasteiger partial charge on any atom is 0.319 e. The molecule has 104 valence electrons. The second kappa shape index (κ2) is 5.61. The molecule has 20 heavy (non-hydrogen) atoms. The summed E-state index contributed by atoms with van der Waals surface area (Å²) >= 11 is 0. The molecule has 1 fully saturated rings. The smallest absolute Gasteiger partial charge is 0.319 e. The predicted octanol–water partition coefficient (Wildman–Crippen LogP) is 1.51. The fraction of sp³-hybridized carbons (Fsp3) is 0.200. The van der Waals surface area contributed by atoms with E-state index in [0.717, 1.165) is 11.3 Å². The zero-order valence-electron chi connectivity index (χ0n) is 11.3. The third-order valence-electron chi connectivity index (χ3n) is 3.07. The number of rotatable bonds is 3. The van der Waals surface area contributed by atoms with E-state index >= 15 is 0 Å². The maximum atomic E-state index is 11.9. The molecule has 1 aliphatic rings. The zero-order chi connectivity index (χ0) is 14.7. The van der Waals surface area contributed by atoms with Crippen LogP contribution < -0.4 is 10.1 Å². The normalized spacial score (nSPS) is 19.9. The zero-order valence-corrected chi connectivity index (χ0v) is 11.3. The summed E-state index contributed by atoms with van der Waals surface area (Å²) in [5.41, 5.74) is 1.45. The molecule has 0 radical (unpaired) electrons. The minimum atomic E-state index is -0.769. The molecule has 1 aromatic carbocycles.